The molecule has 0 bridgehead atoms. The van der Waals surface area contributed by atoms with E-state index in [1.807, 2.05) is 0 Å². The smallest absolute Gasteiger partial charge is 0.218 e. The molecule has 0 radical (unpaired) electrons. The van der Waals surface area contributed by atoms with Gasteiger partial charge in [-0.1, -0.05) is 0 Å². The van der Waals surface area contributed by atoms with Crippen LogP contribution in [0.25, 0.3) is 10.9 Å². The summed E-state index contributed by atoms with van der Waals surface area (Å²) in [5.74, 6) is -0.983. The van der Waals surface area contributed by atoms with Crippen molar-refractivity contribution in [3.63, 3.8) is 0 Å². The Morgan fingerprint density at radius 2 is 1.78 bits per heavy atom. The number of aromatic hydroxyl groups is 1. The van der Waals surface area contributed by atoms with Crippen molar-refractivity contribution in [2.75, 3.05) is 5.32 Å². The standard InChI is InChI=1S/C15H10F2N4OS/c16-8-1-4-10(5-2-8)18-15(23)21-20-14-13(22)11-7-9(17)3-6-12(11)19-14/h1-7,19,22H,(H,18,23). The summed E-state index contributed by atoms with van der Waals surface area (Å²) in [6, 6.07) is 9.49. The first-order valence-electron chi connectivity index (χ1n) is 6.51. The minimum atomic E-state index is -0.469. The Labute approximate surface area is 134 Å². The zero-order valence-electron chi connectivity index (χ0n) is 11.5. The number of benzene rings is 2. The van der Waals surface area contributed by atoms with E-state index in [-0.39, 0.29) is 22.5 Å². The molecule has 0 unspecified atom stereocenters. The Kier molecular flexibility index (Phi) is 3.98. The van der Waals surface area contributed by atoms with Gasteiger partial charge in [0.15, 0.2) is 11.6 Å². The van der Waals surface area contributed by atoms with Crippen LogP contribution in [-0.2, 0) is 0 Å². The van der Waals surface area contributed by atoms with E-state index >= 15 is 0 Å². The maximum absolute atomic E-state index is 13.2. The molecule has 1 aromatic heterocycles. The zero-order valence-corrected chi connectivity index (χ0v) is 12.4. The van der Waals surface area contributed by atoms with Gasteiger partial charge in [0.05, 0.1) is 5.52 Å². The van der Waals surface area contributed by atoms with Crippen molar-refractivity contribution in [2.24, 2.45) is 10.2 Å². The van der Waals surface area contributed by atoms with Gasteiger partial charge in [-0.3, -0.25) is 0 Å². The molecule has 0 amide bonds. The molecule has 0 saturated heterocycles. The van der Waals surface area contributed by atoms with Crippen molar-refractivity contribution in [2.45, 2.75) is 0 Å². The van der Waals surface area contributed by atoms with Crippen molar-refractivity contribution in [3.05, 3.63) is 54.1 Å². The van der Waals surface area contributed by atoms with Gasteiger partial charge in [-0.05, 0) is 54.7 Å². The molecule has 0 spiro atoms. The zero-order chi connectivity index (χ0) is 16.4. The number of rotatable bonds is 2. The van der Waals surface area contributed by atoms with E-state index in [2.05, 4.69) is 20.5 Å². The molecule has 2 aromatic carbocycles. The van der Waals surface area contributed by atoms with E-state index in [1.165, 1.54) is 42.5 Å². The number of halogens is 2. The Bertz CT molecular complexity index is 906. The Hall–Kier alpha value is -2.87. The summed E-state index contributed by atoms with van der Waals surface area (Å²) >= 11 is 4.99. The lowest BCUT2D eigenvalue weighted by atomic mass is 10.2. The molecule has 0 saturated carbocycles. The molecule has 3 rings (SSSR count). The fourth-order valence-electron chi connectivity index (χ4n) is 1.99. The number of azo groups is 1. The van der Waals surface area contributed by atoms with Crippen LogP contribution in [0.15, 0.2) is 52.7 Å². The molecular formula is C15H10F2N4OS. The Morgan fingerprint density at radius 3 is 2.52 bits per heavy atom. The minimum absolute atomic E-state index is 0.0286. The van der Waals surface area contributed by atoms with Crippen LogP contribution in [0.3, 0.4) is 0 Å². The summed E-state index contributed by atoms with van der Waals surface area (Å²) in [5.41, 5.74) is 1.08. The summed E-state index contributed by atoms with van der Waals surface area (Å²) in [7, 11) is 0. The molecule has 8 heteroatoms. The lowest BCUT2D eigenvalue weighted by Crippen LogP contribution is -2.04. The van der Waals surface area contributed by atoms with E-state index in [9.17, 15) is 13.9 Å². The molecule has 1 heterocycles. The third-order valence-corrected chi connectivity index (χ3v) is 3.23. The van der Waals surface area contributed by atoms with Crippen LogP contribution in [0.5, 0.6) is 5.75 Å². The number of anilines is 1. The van der Waals surface area contributed by atoms with Crippen LogP contribution in [-0.4, -0.2) is 15.2 Å². The van der Waals surface area contributed by atoms with Gasteiger partial charge < -0.3 is 15.4 Å². The second-order valence-corrected chi connectivity index (χ2v) is 5.04. The molecule has 0 aliphatic carbocycles. The third kappa shape index (κ3) is 3.32. The highest BCUT2D eigenvalue weighted by Crippen LogP contribution is 2.35. The van der Waals surface area contributed by atoms with Gasteiger partial charge >= 0.3 is 0 Å². The highest BCUT2D eigenvalue weighted by atomic mass is 32.1. The summed E-state index contributed by atoms with van der Waals surface area (Å²) < 4.78 is 26.0. The van der Waals surface area contributed by atoms with Crippen LogP contribution in [0, 0.1) is 11.6 Å². The predicted octanol–water partition coefficient (Wildman–Crippen LogP) is 4.63. The number of H-pyrrole nitrogens is 1. The highest BCUT2D eigenvalue weighted by Gasteiger charge is 2.10. The normalized spacial score (nSPS) is 11.2. The van der Waals surface area contributed by atoms with Gasteiger partial charge in [-0.15, -0.1) is 10.2 Å². The van der Waals surface area contributed by atoms with Gasteiger partial charge in [-0.25, -0.2) is 8.78 Å². The van der Waals surface area contributed by atoms with Crippen LogP contribution < -0.4 is 5.32 Å². The van der Waals surface area contributed by atoms with E-state index < -0.39 is 5.82 Å². The monoisotopic (exact) mass is 332 g/mol. The Balaban J connectivity index is 1.78. The van der Waals surface area contributed by atoms with Gasteiger partial charge in [-0.2, -0.15) is 0 Å². The fraction of sp³-hybridized carbons (Fsp3) is 0. The highest BCUT2D eigenvalue weighted by molar-refractivity contribution is 7.80. The second kappa shape index (κ2) is 6.09. The van der Waals surface area contributed by atoms with Crippen LogP contribution >= 0.6 is 12.2 Å². The van der Waals surface area contributed by atoms with E-state index in [0.717, 1.165) is 0 Å². The topological polar surface area (TPSA) is 72.8 Å². The number of nitrogens with one attached hydrogen (secondary N) is 2. The largest absolute Gasteiger partial charge is 0.504 e. The van der Waals surface area contributed by atoms with Gasteiger partial charge in [0.25, 0.3) is 0 Å². The first-order valence-corrected chi connectivity index (χ1v) is 6.92. The van der Waals surface area contributed by atoms with Gasteiger partial charge in [0.2, 0.25) is 5.11 Å². The number of aromatic nitrogens is 1. The number of fused-ring (bicyclic) bond motifs is 1. The maximum atomic E-state index is 13.2. The molecule has 3 N–H and O–H groups in total. The van der Waals surface area contributed by atoms with E-state index in [4.69, 9.17) is 12.2 Å². The second-order valence-electron chi connectivity index (χ2n) is 4.65. The summed E-state index contributed by atoms with van der Waals surface area (Å²) in [4.78, 5) is 2.80. The van der Waals surface area contributed by atoms with Gasteiger partial charge in [0.1, 0.15) is 11.6 Å². The van der Waals surface area contributed by atoms with Crippen LogP contribution in [0.1, 0.15) is 0 Å². The first-order chi connectivity index (χ1) is 11.0. The molecular weight excluding hydrogens is 322 g/mol. The number of hydrogen-bond donors (Lipinski definition) is 3. The molecule has 0 aliphatic heterocycles. The molecule has 3 aromatic rings. The van der Waals surface area contributed by atoms with Crippen molar-refractivity contribution in [1.29, 1.82) is 0 Å². The first kappa shape index (κ1) is 15.0. The quantitative estimate of drug-likeness (QED) is 0.473. The number of thiocarbonyl (C=S) groups is 1. The molecule has 5 nitrogen and oxygen atoms in total. The van der Waals surface area contributed by atoms with E-state index in [1.54, 1.807) is 0 Å². The average Bonchev–Trinajstić information content (AvgIpc) is 2.84. The third-order valence-electron chi connectivity index (χ3n) is 3.05. The molecule has 0 fully saturated rings. The lowest BCUT2D eigenvalue weighted by molar-refractivity contribution is 0.482. The molecule has 0 aliphatic rings. The van der Waals surface area contributed by atoms with Crippen molar-refractivity contribution >= 4 is 39.7 Å². The van der Waals surface area contributed by atoms with Crippen molar-refractivity contribution in [3.8, 4) is 5.75 Å². The summed E-state index contributed by atoms with van der Waals surface area (Å²) in [5, 5.41) is 20.6. The summed E-state index contributed by atoms with van der Waals surface area (Å²) in [6.07, 6.45) is 0. The van der Waals surface area contributed by atoms with Crippen molar-refractivity contribution in [1.82, 2.24) is 4.98 Å². The summed E-state index contributed by atoms with van der Waals surface area (Å²) in [6.45, 7) is 0. The SMILES string of the molecule is Oc1c(N=NC(=S)Nc2ccc(F)cc2)[nH]c2ccc(F)cc12. The molecule has 23 heavy (non-hydrogen) atoms. The number of aromatic amines is 1. The maximum Gasteiger partial charge on any atom is 0.218 e. The minimum Gasteiger partial charge on any atom is -0.504 e. The Morgan fingerprint density at radius 1 is 1.09 bits per heavy atom. The number of hydrogen-bond acceptors (Lipinski definition) is 3. The van der Waals surface area contributed by atoms with Gasteiger partial charge in [0, 0.05) is 11.1 Å². The number of nitrogens with zero attached hydrogens (tertiary/aromatic N) is 2. The van der Waals surface area contributed by atoms with Crippen LogP contribution in [0.4, 0.5) is 20.3 Å². The molecule has 0 atom stereocenters. The predicted molar refractivity (Wildman–Crippen MR) is 87.1 cm³/mol. The van der Waals surface area contributed by atoms with E-state index in [0.29, 0.717) is 16.6 Å². The molecule has 116 valence electrons. The lowest BCUT2D eigenvalue weighted by Gasteiger charge is -2.01. The average molecular weight is 332 g/mol. The van der Waals surface area contributed by atoms with Crippen molar-refractivity contribution < 1.29 is 13.9 Å². The van der Waals surface area contributed by atoms with Crippen LogP contribution in [0.2, 0.25) is 0 Å². The fourth-order valence-corrected chi connectivity index (χ4v) is 2.14.